The van der Waals surface area contributed by atoms with Gasteiger partial charge in [-0.2, -0.15) is 4.37 Å². The Bertz CT molecular complexity index is 650. The molecule has 0 radical (unpaired) electrons. The number of nitrogens with zero attached hydrogens (tertiary/aromatic N) is 3. The largest absolute Gasteiger partial charge is 0.489 e. The van der Waals surface area contributed by atoms with Crippen molar-refractivity contribution in [3.63, 3.8) is 0 Å². The van der Waals surface area contributed by atoms with Crippen LogP contribution in [0, 0.1) is 3.57 Å². The second-order valence-corrected chi connectivity index (χ2v) is 7.84. The molecule has 0 amide bonds. The van der Waals surface area contributed by atoms with E-state index in [2.05, 4.69) is 44.0 Å². The van der Waals surface area contributed by atoms with Crippen LogP contribution in [0.3, 0.4) is 0 Å². The van der Waals surface area contributed by atoms with Gasteiger partial charge < -0.3 is 9.64 Å². The first kappa shape index (κ1) is 14.7. The Kier molecular flexibility index (Phi) is 4.21. The van der Waals surface area contributed by atoms with Crippen LogP contribution in [0.5, 0.6) is 5.75 Å². The second-order valence-electron chi connectivity index (χ2n) is 5.94. The molecule has 1 aliphatic carbocycles. The highest BCUT2D eigenvalue weighted by Gasteiger charge is 2.29. The molecule has 2 aromatic rings. The zero-order valence-corrected chi connectivity index (χ0v) is 15.2. The lowest BCUT2D eigenvalue weighted by atomic mass is 10.1. The number of hydrogen-bond acceptors (Lipinski definition) is 5. The minimum atomic E-state index is 0.308. The van der Waals surface area contributed by atoms with Gasteiger partial charge in [0.25, 0.3) is 0 Å². The molecule has 1 saturated carbocycles. The van der Waals surface area contributed by atoms with Crippen LogP contribution in [0.2, 0.25) is 0 Å². The topological polar surface area (TPSA) is 38.2 Å². The Labute approximate surface area is 148 Å². The number of hydrogen-bond donors (Lipinski definition) is 0. The SMILES string of the molecule is Ic1ccccc1OC1CCN(c2nc(C3CC3)ns2)CC1. The third-order valence-electron chi connectivity index (χ3n) is 4.22. The van der Waals surface area contributed by atoms with E-state index in [0.29, 0.717) is 12.0 Å². The number of rotatable bonds is 4. The Balaban J connectivity index is 1.34. The molecule has 1 aliphatic heterocycles. The zero-order valence-electron chi connectivity index (χ0n) is 12.2. The van der Waals surface area contributed by atoms with Gasteiger partial charge in [0.05, 0.1) is 3.57 Å². The van der Waals surface area contributed by atoms with Crippen molar-refractivity contribution in [1.29, 1.82) is 0 Å². The molecule has 4 rings (SSSR count). The molecule has 0 bridgehead atoms. The van der Waals surface area contributed by atoms with Crippen molar-refractivity contribution in [2.45, 2.75) is 37.7 Å². The van der Waals surface area contributed by atoms with Crippen molar-refractivity contribution in [2.24, 2.45) is 0 Å². The maximum absolute atomic E-state index is 6.16. The summed E-state index contributed by atoms with van der Waals surface area (Å²) in [6, 6.07) is 8.23. The Morgan fingerprint density at radius 3 is 2.64 bits per heavy atom. The van der Waals surface area contributed by atoms with Gasteiger partial charge in [-0.1, -0.05) is 12.1 Å². The average Bonchev–Trinajstić information content (AvgIpc) is 3.28. The number of ether oxygens (including phenoxy) is 1. The van der Waals surface area contributed by atoms with Crippen LogP contribution in [0.1, 0.15) is 37.4 Å². The first-order valence-corrected chi connectivity index (χ1v) is 9.64. The summed E-state index contributed by atoms with van der Waals surface area (Å²) in [4.78, 5) is 7.07. The van der Waals surface area contributed by atoms with Crippen LogP contribution < -0.4 is 9.64 Å². The number of anilines is 1. The molecule has 1 aromatic heterocycles. The lowest BCUT2D eigenvalue weighted by Gasteiger charge is -2.31. The van der Waals surface area contributed by atoms with E-state index in [4.69, 9.17) is 9.72 Å². The summed E-state index contributed by atoms with van der Waals surface area (Å²) in [6.45, 7) is 2.01. The van der Waals surface area contributed by atoms with E-state index in [-0.39, 0.29) is 0 Å². The molecule has 4 nitrogen and oxygen atoms in total. The molecule has 1 aromatic carbocycles. The van der Waals surface area contributed by atoms with Gasteiger partial charge in [0.1, 0.15) is 17.7 Å². The molecule has 0 atom stereocenters. The minimum Gasteiger partial charge on any atom is -0.489 e. The van der Waals surface area contributed by atoms with Gasteiger partial charge >= 0.3 is 0 Å². The predicted molar refractivity (Wildman–Crippen MR) is 96.9 cm³/mol. The van der Waals surface area contributed by atoms with Crippen LogP contribution in [0.25, 0.3) is 0 Å². The Hall–Kier alpha value is -0.890. The fourth-order valence-corrected chi connectivity index (χ4v) is 4.06. The first-order valence-electron chi connectivity index (χ1n) is 7.79. The highest BCUT2D eigenvalue weighted by Crippen LogP contribution is 2.40. The van der Waals surface area contributed by atoms with Crippen molar-refractivity contribution in [1.82, 2.24) is 9.36 Å². The van der Waals surface area contributed by atoms with Gasteiger partial charge in [-0.05, 0) is 47.6 Å². The van der Waals surface area contributed by atoms with Crippen molar-refractivity contribution >= 4 is 39.3 Å². The maximum Gasteiger partial charge on any atom is 0.205 e. The summed E-state index contributed by atoms with van der Waals surface area (Å²) in [5.41, 5.74) is 0. The molecule has 0 N–H and O–H groups in total. The molecule has 0 spiro atoms. The fourth-order valence-electron chi connectivity index (χ4n) is 2.75. The van der Waals surface area contributed by atoms with Crippen LogP contribution in [-0.4, -0.2) is 28.6 Å². The van der Waals surface area contributed by atoms with Gasteiger partial charge in [0, 0.05) is 43.4 Å². The third kappa shape index (κ3) is 3.22. The van der Waals surface area contributed by atoms with Crippen molar-refractivity contribution in [2.75, 3.05) is 18.0 Å². The number of para-hydroxylation sites is 1. The highest BCUT2D eigenvalue weighted by atomic mass is 127. The van der Waals surface area contributed by atoms with Crippen LogP contribution >= 0.6 is 34.1 Å². The van der Waals surface area contributed by atoms with E-state index >= 15 is 0 Å². The molecule has 2 heterocycles. The van der Waals surface area contributed by atoms with E-state index in [1.54, 1.807) is 11.5 Å². The van der Waals surface area contributed by atoms with Crippen LogP contribution in [0.4, 0.5) is 5.13 Å². The number of benzene rings is 1. The summed E-state index contributed by atoms with van der Waals surface area (Å²) in [5.74, 6) is 2.72. The predicted octanol–water partition coefficient (Wildman–Crippen LogP) is 4.07. The maximum atomic E-state index is 6.16. The lowest BCUT2D eigenvalue weighted by Crippen LogP contribution is -2.38. The van der Waals surface area contributed by atoms with Gasteiger partial charge in [-0.3, -0.25) is 0 Å². The molecular weight excluding hydrogens is 409 g/mol. The van der Waals surface area contributed by atoms with Crippen molar-refractivity contribution in [3.05, 3.63) is 33.7 Å². The second kappa shape index (κ2) is 6.31. The molecule has 2 aliphatic rings. The van der Waals surface area contributed by atoms with E-state index in [1.807, 2.05) is 12.1 Å². The summed E-state index contributed by atoms with van der Waals surface area (Å²) in [6.07, 6.45) is 4.93. The average molecular weight is 427 g/mol. The van der Waals surface area contributed by atoms with E-state index in [0.717, 1.165) is 42.6 Å². The van der Waals surface area contributed by atoms with Crippen molar-refractivity contribution in [3.8, 4) is 5.75 Å². The number of aromatic nitrogens is 2. The Morgan fingerprint density at radius 1 is 1.14 bits per heavy atom. The monoisotopic (exact) mass is 427 g/mol. The molecule has 22 heavy (non-hydrogen) atoms. The number of piperidine rings is 1. The summed E-state index contributed by atoms with van der Waals surface area (Å²) in [7, 11) is 0. The smallest absolute Gasteiger partial charge is 0.205 e. The van der Waals surface area contributed by atoms with Crippen LogP contribution in [0.15, 0.2) is 24.3 Å². The third-order valence-corrected chi connectivity index (χ3v) is 5.90. The molecule has 116 valence electrons. The van der Waals surface area contributed by atoms with Gasteiger partial charge in [0.2, 0.25) is 5.13 Å². The lowest BCUT2D eigenvalue weighted by molar-refractivity contribution is 0.169. The number of halogens is 1. The molecule has 0 unspecified atom stereocenters. The van der Waals surface area contributed by atoms with E-state index < -0.39 is 0 Å². The van der Waals surface area contributed by atoms with Gasteiger partial charge in [-0.15, -0.1) is 0 Å². The summed E-state index contributed by atoms with van der Waals surface area (Å²) < 4.78 is 11.8. The zero-order chi connectivity index (χ0) is 14.9. The highest BCUT2D eigenvalue weighted by molar-refractivity contribution is 14.1. The normalized spacial score (nSPS) is 19.4. The van der Waals surface area contributed by atoms with Gasteiger partial charge in [0.15, 0.2) is 0 Å². The molecule has 6 heteroatoms. The quantitative estimate of drug-likeness (QED) is 0.690. The summed E-state index contributed by atoms with van der Waals surface area (Å²) >= 11 is 3.89. The van der Waals surface area contributed by atoms with Crippen LogP contribution in [-0.2, 0) is 0 Å². The Morgan fingerprint density at radius 2 is 1.91 bits per heavy atom. The van der Waals surface area contributed by atoms with E-state index in [1.165, 1.54) is 16.4 Å². The molecule has 1 saturated heterocycles. The van der Waals surface area contributed by atoms with E-state index in [9.17, 15) is 0 Å². The fraction of sp³-hybridized carbons (Fsp3) is 0.500. The summed E-state index contributed by atoms with van der Waals surface area (Å²) in [5, 5.41) is 1.09. The molecular formula is C16H18IN3OS. The first-order chi connectivity index (χ1) is 10.8. The van der Waals surface area contributed by atoms with Gasteiger partial charge in [-0.25, -0.2) is 4.98 Å². The van der Waals surface area contributed by atoms with Crippen molar-refractivity contribution < 1.29 is 4.74 Å². The standard InChI is InChI=1S/C16H18IN3OS/c17-13-3-1-2-4-14(13)21-12-7-9-20(10-8-12)16-18-15(19-22-16)11-5-6-11/h1-4,11-12H,5-10H2. The minimum absolute atomic E-state index is 0.308. The molecule has 2 fully saturated rings.